The Morgan fingerprint density at radius 1 is 0.960 bits per heavy atom. The minimum Gasteiger partial charge on any atom is -0.493 e. The molecule has 0 amide bonds. The zero-order valence-corrected chi connectivity index (χ0v) is 15.5. The maximum absolute atomic E-state index is 11.9. The van der Waals surface area contributed by atoms with E-state index in [0.717, 1.165) is 16.7 Å². The van der Waals surface area contributed by atoms with E-state index < -0.39 is 5.97 Å². The van der Waals surface area contributed by atoms with Crippen LogP contribution in [-0.4, -0.2) is 26.8 Å². The first kappa shape index (κ1) is 18.9. The Labute approximate surface area is 152 Å². The molecule has 2 aromatic rings. The molecule has 0 atom stereocenters. The van der Waals surface area contributed by atoms with Crippen LogP contribution in [0.2, 0.25) is 5.02 Å². The van der Waals surface area contributed by atoms with Gasteiger partial charge in [-0.3, -0.25) is 0 Å². The lowest BCUT2D eigenvalue weighted by Crippen LogP contribution is -2.15. The third kappa shape index (κ3) is 5.03. The summed E-state index contributed by atoms with van der Waals surface area (Å²) in [6.07, 6.45) is 0. The number of carbonyl (C=O) groups is 1. The molecule has 0 radical (unpaired) electrons. The van der Waals surface area contributed by atoms with E-state index in [4.69, 9.17) is 30.5 Å². The van der Waals surface area contributed by atoms with Gasteiger partial charge < -0.3 is 18.9 Å². The first-order chi connectivity index (χ1) is 11.9. The van der Waals surface area contributed by atoms with Crippen LogP contribution in [0.4, 0.5) is 0 Å². The van der Waals surface area contributed by atoms with Crippen LogP contribution in [0.15, 0.2) is 30.3 Å². The third-order valence-corrected chi connectivity index (χ3v) is 3.95. The van der Waals surface area contributed by atoms with Crippen molar-refractivity contribution in [2.24, 2.45) is 0 Å². The predicted molar refractivity (Wildman–Crippen MR) is 95.8 cm³/mol. The molecule has 2 rings (SSSR count). The molecule has 6 heteroatoms. The van der Waals surface area contributed by atoms with Gasteiger partial charge in [0.05, 0.1) is 14.2 Å². The van der Waals surface area contributed by atoms with Crippen LogP contribution >= 0.6 is 11.6 Å². The second-order valence-electron chi connectivity index (χ2n) is 5.49. The molecule has 0 aliphatic carbocycles. The van der Waals surface area contributed by atoms with Gasteiger partial charge >= 0.3 is 5.97 Å². The smallest absolute Gasteiger partial charge is 0.344 e. The van der Waals surface area contributed by atoms with E-state index in [1.165, 1.54) is 0 Å². The summed E-state index contributed by atoms with van der Waals surface area (Å²) in [5.74, 6) is 1.37. The van der Waals surface area contributed by atoms with Gasteiger partial charge in [0.2, 0.25) is 0 Å². The molecule has 134 valence electrons. The number of ether oxygens (including phenoxy) is 4. The number of carbonyl (C=O) groups excluding carboxylic acids is 1. The monoisotopic (exact) mass is 364 g/mol. The van der Waals surface area contributed by atoms with Gasteiger partial charge in [-0.15, -0.1) is 0 Å². The Morgan fingerprint density at radius 2 is 1.64 bits per heavy atom. The Balaban J connectivity index is 1.93. The van der Waals surface area contributed by atoms with Crippen molar-refractivity contribution in [2.75, 3.05) is 20.8 Å². The van der Waals surface area contributed by atoms with Gasteiger partial charge in [0.1, 0.15) is 12.4 Å². The fraction of sp³-hybridized carbons (Fsp3) is 0.316. The molecule has 0 unspecified atom stereocenters. The molecule has 0 aliphatic rings. The van der Waals surface area contributed by atoms with E-state index in [0.29, 0.717) is 22.3 Å². The largest absolute Gasteiger partial charge is 0.493 e. The van der Waals surface area contributed by atoms with E-state index in [2.05, 4.69) is 0 Å². The van der Waals surface area contributed by atoms with Gasteiger partial charge in [0, 0.05) is 5.02 Å². The SMILES string of the molecule is COc1cc(C)c(COC(=O)COc2ccc(Cl)cc2C)cc1OC. The second kappa shape index (κ2) is 8.62. The number of rotatable bonds is 7. The first-order valence-electron chi connectivity index (χ1n) is 7.70. The molecule has 5 nitrogen and oxygen atoms in total. The second-order valence-corrected chi connectivity index (χ2v) is 5.93. The molecular formula is C19H21ClO5. The minimum atomic E-state index is -0.455. The number of hydrogen-bond donors (Lipinski definition) is 0. The number of aryl methyl sites for hydroxylation is 2. The van der Waals surface area contributed by atoms with E-state index >= 15 is 0 Å². The Bertz CT molecular complexity index is 758. The molecule has 0 spiro atoms. The standard InChI is InChI=1S/C19H21ClO5/c1-12-8-17(22-3)18(23-4)9-14(12)10-25-19(21)11-24-16-6-5-15(20)7-13(16)2/h5-9H,10-11H2,1-4H3. The molecule has 0 N–H and O–H groups in total. The summed E-state index contributed by atoms with van der Waals surface area (Å²) in [4.78, 5) is 11.9. The quantitative estimate of drug-likeness (QED) is 0.692. The molecule has 0 heterocycles. The average Bonchev–Trinajstić information content (AvgIpc) is 2.59. The van der Waals surface area contributed by atoms with E-state index in [1.54, 1.807) is 38.5 Å². The van der Waals surface area contributed by atoms with Crippen LogP contribution in [0.3, 0.4) is 0 Å². The van der Waals surface area contributed by atoms with Crippen LogP contribution < -0.4 is 14.2 Å². The summed E-state index contributed by atoms with van der Waals surface area (Å²) in [5, 5.41) is 0.622. The minimum absolute atomic E-state index is 0.133. The Kier molecular flexibility index (Phi) is 6.53. The van der Waals surface area contributed by atoms with Crippen molar-refractivity contribution in [2.45, 2.75) is 20.5 Å². The molecule has 25 heavy (non-hydrogen) atoms. The maximum Gasteiger partial charge on any atom is 0.344 e. The van der Waals surface area contributed by atoms with E-state index in [1.807, 2.05) is 19.9 Å². The zero-order valence-electron chi connectivity index (χ0n) is 14.7. The molecule has 0 aliphatic heterocycles. The van der Waals surface area contributed by atoms with Gasteiger partial charge in [-0.05, 0) is 60.9 Å². The fourth-order valence-electron chi connectivity index (χ4n) is 2.29. The summed E-state index contributed by atoms with van der Waals surface area (Å²) >= 11 is 5.89. The van der Waals surface area contributed by atoms with Gasteiger partial charge in [-0.1, -0.05) is 11.6 Å². The van der Waals surface area contributed by atoms with Gasteiger partial charge in [0.15, 0.2) is 18.1 Å². The van der Waals surface area contributed by atoms with Crippen molar-refractivity contribution in [3.8, 4) is 17.2 Å². The van der Waals surface area contributed by atoms with Crippen molar-refractivity contribution >= 4 is 17.6 Å². The van der Waals surface area contributed by atoms with Crippen LogP contribution in [0.5, 0.6) is 17.2 Å². The first-order valence-corrected chi connectivity index (χ1v) is 8.08. The summed E-state index contributed by atoms with van der Waals surface area (Å²) < 4.78 is 21.3. The molecular weight excluding hydrogens is 344 g/mol. The highest BCUT2D eigenvalue weighted by atomic mass is 35.5. The normalized spacial score (nSPS) is 10.3. The lowest BCUT2D eigenvalue weighted by molar-refractivity contribution is -0.147. The number of halogens is 1. The highest BCUT2D eigenvalue weighted by Gasteiger charge is 2.11. The van der Waals surface area contributed by atoms with Crippen molar-refractivity contribution in [3.05, 3.63) is 52.0 Å². The highest BCUT2D eigenvalue weighted by molar-refractivity contribution is 6.30. The molecule has 0 saturated carbocycles. The highest BCUT2D eigenvalue weighted by Crippen LogP contribution is 2.30. The van der Waals surface area contributed by atoms with Crippen LogP contribution in [0, 0.1) is 13.8 Å². The summed E-state index contributed by atoms with van der Waals surface area (Å²) in [6, 6.07) is 8.85. The summed E-state index contributed by atoms with van der Waals surface area (Å²) in [5.41, 5.74) is 2.64. The lowest BCUT2D eigenvalue weighted by atomic mass is 10.1. The molecule has 0 saturated heterocycles. The van der Waals surface area contributed by atoms with E-state index in [9.17, 15) is 4.79 Å². The molecule has 0 bridgehead atoms. The van der Waals surface area contributed by atoms with Crippen LogP contribution in [0.25, 0.3) is 0 Å². The fourth-order valence-corrected chi connectivity index (χ4v) is 2.52. The Morgan fingerprint density at radius 3 is 2.28 bits per heavy atom. The number of hydrogen-bond acceptors (Lipinski definition) is 5. The third-order valence-electron chi connectivity index (χ3n) is 3.71. The molecule has 0 fully saturated rings. The van der Waals surface area contributed by atoms with Gasteiger partial charge in [-0.2, -0.15) is 0 Å². The number of esters is 1. The van der Waals surface area contributed by atoms with Crippen LogP contribution in [0.1, 0.15) is 16.7 Å². The van der Waals surface area contributed by atoms with Gasteiger partial charge in [0.25, 0.3) is 0 Å². The van der Waals surface area contributed by atoms with Crippen molar-refractivity contribution in [3.63, 3.8) is 0 Å². The topological polar surface area (TPSA) is 54.0 Å². The Hall–Kier alpha value is -2.40. The number of methoxy groups -OCH3 is 2. The van der Waals surface area contributed by atoms with Crippen molar-refractivity contribution in [1.29, 1.82) is 0 Å². The average molecular weight is 365 g/mol. The van der Waals surface area contributed by atoms with Crippen molar-refractivity contribution in [1.82, 2.24) is 0 Å². The number of benzene rings is 2. The van der Waals surface area contributed by atoms with E-state index in [-0.39, 0.29) is 13.2 Å². The predicted octanol–water partition coefficient (Wildman–Crippen LogP) is 4.10. The molecule has 2 aromatic carbocycles. The maximum atomic E-state index is 11.9. The van der Waals surface area contributed by atoms with Crippen molar-refractivity contribution < 1.29 is 23.7 Å². The lowest BCUT2D eigenvalue weighted by Gasteiger charge is -2.13. The summed E-state index contributed by atoms with van der Waals surface area (Å²) in [7, 11) is 3.14. The summed E-state index contributed by atoms with van der Waals surface area (Å²) in [6.45, 7) is 3.74. The van der Waals surface area contributed by atoms with Crippen LogP contribution in [-0.2, 0) is 16.1 Å². The molecule has 0 aromatic heterocycles. The zero-order chi connectivity index (χ0) is 18.4. The van der Waals surface area contributed by atoms with Gasteiger partial charge in [-0.25, -0.2) is 4.79 Å².